The monoisotopic (exact) mass is 213 g/mol. The average Bonchev–Trinajstić information content (AvgIpc) is 2.16. The molecule has 0 saturated carbocycles. The number of aliphatic imine (C=N–C) groups is 1. The average molecular weight is 213 g/mol. The van der Waals surface area contributed by atoms with E-state index in [4.69, 9.17) is 0 Å². The van der Waals surface area contributed by atoms with Gasteiger partial charge in [0.25, 0.3) is 0 Å². The van der Waals surface area contributed by atoms with Gasteiger partial charge in [-0.15, -0.1) is 0 Å². The zero-order chi connectivity index (χ0) is 11.0. The standard InChI is InChI=1S/C10H19N3S/c1-6-7-10(11-3)12-14-8-9(2)13(4)5/h2-3,6-8H2,1,4-5H3/b12-10-. The van der Waals surface area contributed by atoms with Crippen LogP contribution in [0.1, 0.15) is 19.8 Å². The van der Waals surface area contributed by atoms with Crippen LogP contribution in [0, 0.1) is 0 Å². The van der Waals surface area contributed by atoms with Gasteiger partial charge in [-0.2, -0.15) is 0 Å². The van der Waals surface area contributed by atoms with E-state index in [-0.39, 0.29) is 0 Å². The molecular formula is C10H19N3S. The predicted molar refractivity (Wildman–Crippen MR) is 67.2 cm³/mol. The Morgan fingerprint density at radius 3 is 2.50 bits per heavy atom. The lowest BCUT2D eigenvalue weighted by molar-refractivity contribution is 0.519. The minimum atomic E-state index is 0.801. The Labute approximate surface area is 91.1 Å². The van der Waals surface area contributed by atoms with Gasteiger partial charge in [0.2, 0.25) is 0 Å². The van der Waals surface area contributed by atoms with Crippen molar-refractivity contribution in [2.24, 2.45) is 9.39 Å². The van der Waals surface area contributed by atoms with Crippen LogP contribution in [0.5, 0.6) is 0 Å². The van der Waals surface area contributed by atoms with E-state index in [1.165, 1.54) is 11.9 Å². The third-order valence-corrected chi connectivity index (χ3v) is 2.49. The Hall–Kier alpha value is -0.770. The lowest BCUT2D eigenvalue weighted by Gasteiger charge is -2.13. The summed E-state index contributed by atoms with van der Waals surface area (Å²) in [5.41, 5.74) is 1.05. The maximum absolute atomic E-state index is 4.27. The Kier molecular flexibility index (Phi) is 7.20. The summed E-state index contributed by atoms with van der Waals surface area (Å²) >= 11 is 1.48. The molecule has 0 aromatic heterocycles. The molecule has 0 heterocycles. The van der Waals surface area contributed by atoms with Crippen molar-refractivity contribution < 1.29 is 0 Å². The molecule has 0 radical (unpaired) electrons. The van der Waals surface area contributed by atoms with Crippen LogP contribution in [-0.2, 0) is 0 Å². The second kappa shape index (κ2) is 7.62. The van der Waals surface area contributed by atoms with Gasteiger partial charge in [0.1, 0.15) is 5.84 Å². The first-order chi connectivity index (χ1) is 6.61. The molecule has 0 aliphatic heterocycles. The van der Waals surface area contributed by atoms with Crippen molar-refractivity contribution in [1.29, 1.82) is 0 Å². The molecule has 0 amide bonds. The summed E-state index contributed by atoms with van der Waals surface area (Å²) in [6.07, 6.45) is 1.94. The molecule has 0 bridgehead atoms. The van der Waals surface area contributed by atoms with Crippen molar-refractivity contribution in [2.75, 3.05) is 19.8 Å². The maximum atomic E-state index is 4.27. The Bertz CT molecular complexity index is 221. The van der Waals surface area contributed by atoms with Crippen LogP contribution in [-0.4, -0.2) is 37.3 Å². The summed E-state index contributed by atoms with van der Waals surface area (Å²) in [4.78, 5) is 5.84. The van der Waals surface area contributed by atoms with E-state index in [0.717, 1.165) is 30.1 Å². The van der Waals surface area contributed by atoms with E-state index in [1.54, 1.807) is 0 Å². The molecule has 0 unspecified atom stereocenters. The van der Waals surface area contributed by atoms with Gasteiger partial charge in [-0.3, -0.25) is 0 Å². The zero-order valence-electron chi connectivity index (χ0n) is 9.29. The third-order valence-electron chi connectivity index (χ3n) is 1.69. The highest BCUT2D eigenvalue weighted by Gasteiger charge is 1.97. The third kappa shape index (κ3) is 5.80. The topological polar surface area (TPSA) is 28.0 Å². The summed E-state index contributed by atoms with van der Waals surface area (Å²) < 4.78 is 4.27. The lowest BCUT2D eigenvalue weighted by atomic mass is 10.3. The quantitative estimate of drug-likeness (QED) is 0.385. The first kappa shape index (κ1) is 13.2. The van der Waals surface area contributed by atoms with Gasteiger partial charge >= 0.3 is 0 Å². The first-order valence-electron chi connectivity index (χ1n) is 4.62. The fourth-order valence-corrected chi connectivity index (χ4v) is 1.46. The van der Waals surface area contributed by atoms with E-state index in [0.29, 0.717) is 0 Å². The van der Waals surface area contributed by atoms with Gasteiger partial charge < -0.3 is 4.90 Å². The molecular weight excluding hydrogens is 194 g/mol. The van der Waals surface area contributed by atoms with Crippen molar-refractivity contribution in [3.8, 4) is 0 Å². The fraction of sp³-hybridized carbons (Fsp3) is 0.600. The summed E-state index contributed by atoms with van der Waals surface area (Å²) in [6, 6.07) is 0. The molecule has 0 atom stereocenters. The van der Waals surface area contributed by atoms with Crippen LogP contribution >= 0.6 is 11.9 Å². The summed E-state index contributed by atoms with van der Waals surface area (Å²) in [6.45, 7) is 9.50. The first-order valence-corrected chi connectivity index (χ1v) is 5.56. The molecule has 3 nitrogen and oxygen atoms in total. The fourth-order valence-electron chi connectivity index (χ4n) is 0.688. The number of nitrogens with zero attached hydrogens (tertiary/aromatic N) is 3. The van der Waals surface area contributed by atoms with Crippen LogP contribution in [0.25, 0.3) is 0 Å². The van der Waals surface area contributed by atoms with E-state index in [1.807, 2.05) is 19.0 Å². The largest absolute Gasteiger partial charge is 0.381 e. The molecule has 0 N–H and O–H groups in total. The summed E-state index contributed by atoms with van der Waals surface area (Å²) in [7, 11) is 3.95. The zero-order valence-corrected chi connectivity index (χ0v) is 10.1. The van der Waals surface area contributed by atoms with Crippen molar-refractivity contribution in [2.45, 2.75) is 19.8 Å². The predicted octanol–water partition coefficient (Wildman–Crippen LogP) is 2.61. The molecule has 0 aromatic carbocycles. The second-order valence-electron chi connectivity index (χ2n) is 3.15. The van der Waals surface area contributed by atoms with Crippen molar-refractivity contribution >= 4 is 24.5 Å². The van der Waals surface area contributed by atoms with E-state index in [2.05, 4.69) is 29.6 Å². The van der Waals surface area contributed by atoms with E-state index < -0.39 is 0 Å². The second-order valence-corrected chi connectivity index (χ2v) is 3.88. The molecule has 0 rings (SSSR count). The molecule has 80 valence electrons. The van der Waals surface area contributed by atoms with Gasteiger partial charge in [0, 0.05) is 26.2 Å². The van der Waals surface area contributed by atoms with Crippen molar-refractivity contribution in [1.82, 2.24) is 4.90 Å². The molecule has 0 fully saturated rings. The van der Waals surface area contributed by atoms with Crippen LogP contribution < -0.4 is 0 Å². The van der Waals surface area contributed by atoms with E-state index >= 15 is 0 Å². The van der Waals surface area contributed by atoms with E-state index in [9.17, 15) is 0 Å². The normalized spacial score (nSPS) is 11.2. The number of amidine groups is 1. The van der Waals surface area contributed by atoms with Crippen LogP contribution in [0.2, 0.25) is 0 Å². The Morgan fingerprint density at radius 1 is 1.43 bits per heavy atom. The minimum absolute atomic E-state index is 0.801. The SMILES string of the molecule is C=N/C(CCC)=N\SCC(=C)N(C)C. The molecule has 0 aromatic rings. The van der Waals surface area contributed by atoms with Gasteiger partial charge in [-0.25, -0.2) is 9.39 Å². The number of rotatable bonds is 6. The molecule has 0 saturated heterocycles. The van der Waals surface area contributed by atoms with Crippen LogP contribution in [0.15, 0.2) is 21.7 Å². The van der Waals surface area contributed by atoms with Crippen molar-refractivity contribution in [3.63, 3.8) is 0 Å². The van der Waals surface area contributed by atoms with Crippen LogP contribution in [0.3, 0.4) is 0 Å². The summed E-state index contributed by atoms with van der Waals surface area (Å²) in [5.74, 6) is 1.62. The van der Waals surface area contributed by atoms with Gasteiger partial charge in [-0.1, -0.05) is 13.5 Å². The van der Waals surface area contributed by atoms with Gasteiger partial charge in [0.15, 0.2) is 0 Å². The molecule has 4 heteroatoms. The molecule has 0 aliphatic carbocycles. The highest BCUT2D eigenvalue weighted by molar-refractivity contribution is 7.98. The minimum Gasteiger partial charge on any atom is -0.381 e. The highest BCUT2D eigenvalue weighted by atomic mass is 32.2. The molecule has 0 aliphatic rings. The smallest absolute Gasteiger partial charge is 0.135 e. The molecule has 14 heavy (non-hydrogen) atoms. The highest BCUT2D eigenvalue weighted by Crippen LogP contribution is 2.11. The Morgan fingerprint density at radius 2 is 2.07 bits per heavy atom. The van der Waals surface area contributed by atoms with Gasteiger partial charge in [-0.05, 0) is 25.1 Å². The van der Waals surface area contributed by atoms with Crippen molar-refractivity contribution in [3.05, 3.63) is 12.3 Å². The summed E-state index contributed by atoms with van der Waals surface area (Å²) in [5, 5.41) is 0. The maximum Gasteiger partial charge on any atom is 0.135 e. The lowest BCUT2D eigenvalue weighted by Crippen LogP contribution is -2.11. The van der Waals surface area contributed by atoms with Gasteiger partial charge in [0.05, 0.1) is 5.75 Å². The number of hydrogen-bond donors (Lipinski definition) is 0. The Balaban J connectivity index is 3.89. The molecule has 0 spiro atoms. The number of hydrogen-bond acceptors (Lipinski definition) is 3. The van der Waals surface area contributed by atoms with Crippen LogP contribution in [0.4, 0.5) is 0 Å².